The van der Waals surface area contributed by atoms with Crippen molar-refractivity contribution in [2.45, 2.75) is 26.4 Å². The van der Waals surface area contributed by atoms with E-state index in [0.717, 1.165) is 24.7 Å². The fraction of sp³-hybridized carbons (Fsp3) is 0.500. The molecule has 0 saturated carbocycles. The summed E-state index contributed by atoms with van der Waals surface area (Å²) in [7, 11) is 0. The molecule has 0 bridgehead atoms. The van der Waals surface area contributed by atoms with Crippen LogP contribution in [0.2, 0.25) is 5.02 Å². The van der Waals surface area contributed by atoms with E-state index in [4.69, 9.17) is 23.8 Å². The first kappa shape index (κ1) is 14.7. The van der Waals surface area contributed by atoms with E-state index in [1.807, 2.05) is 24.3 Å². The Balaban J connectivity index is 1.78. The Labute approximate surface area is 134 Å². The molecule has 7 heteroatoms. The summed E-state index contributed by atoms with van der Waals surface area (Å²) in [4.78, 5) is 2.37. The summed E-state index contributed by atoms with van der Waals surface area (Å²) in [6, 6.07) is 7.46. The summed E-state index contributed by atoms with van der Waals surface area (Å²) in [5.41, 5.74) is 0.839. The largest absolute Gasteiger partial charge is 0.284 e. The molecule has 0 radical (unpaired) electrons. The number of piperidine rings is 1. The third-order valence-electron chi connectivity index (χ3n) is 3.90. The highest BCUT2D eigenvalue weighted by atomic mass is 35.5. The van der Waals surface area contributed by atoms with E-state index in [1.54, 1.807) is 9.36 Å². The van der Waals surface area contributed by atoms with Gasteiger partial charge >= 0.3 is 0 Å². The predicted molar refractivity (Wildman–Crippen MR) is 85.2 cm³/mol. The van der Waals surface area contributed by atoms with Crippen LogP contribution in [-0.4, -0.2) is 37.8 Å². The number of halogens is 1. The van der Waals surface area contributed by atoms with Gasteiger partial charge in [0.25, 0.3) is 0 Å². The van der Waals surface area contributed by atoms with Crippen LogP contribution >= 0.6 is 23.8 Å². The van der Waals surface area contributed by atoms with Crippen LogP contribution in [0.4, 0.5) is 0 Å². The Morgan fingerprint density at radius 1 is 1.29 bits per heavy atom. The third kappa shape index (κ3) is 3.33. The highest BCUT2D eigenvalue weighted by molar-refractivity contribution is 7.71. The average molecular weight is 324 g/mol. The van der Waals surface area contributed by atoms with Crippen molar-refractivity contribution in [3.63, 3.8) is 0 Å². The molecule has 1 fully saturated rings. The van der Waals surface area contributed by atoms with Crippen LogP contribution < -0.4 is 0 Å². The molecule has 0 aliphatic carbocycles. The number of hydrogen-bond acceptors (Lipinski definition) is 4. The smallest absolute Gasteiger partial charge is 0.221 e. The molecule has 112 valence electrons. The highest BCUT2D eigenvalue weighted by Gasteiger charge is 2.17. The molecule has 21 heavy (non-hydrogen) atoms. The fourth-order valence-corrected chi connectivity index (χ4v) is 2.95. The minimum absolute atomic E-state index is 0.593. The van der Waals surface area contributed by atoms with Crippen molar-refractivity contribution in [3.05, 3.63) is 34.1 Å². The first-order valence-electron chi connectivity index (χ1n) is 7.14. The zero-order chi connectivity index (χ0) is 14.8. The third-order valence-corrected chi connectivity index (χ3v) is 4.52. The lowest BCUT2D eigenvalue weighted by molar-refractivity contribution is 0.145. The molecule has 0 atom stereocenters. The molecule has 0 spiro atoms. The van der Waals surface area contributed by atoms with Gasteiger partial charge < -0.3 is 0 Å². The van der Waals surface area contributed by atoms with E-state index in [0.29, 0.717) is 16.5 Å². The quantitative estimate of drug-likeness (QED) is 0.813. The molecule has 1 aromatic carbocycles. The van der Waals surface area contributed by atoms with Gasteiger partial charge in [0, 0.05) is 18.1 Å². The van der Waals surface area contributed by atoms with Gasteiger partial charge in [0.05, 0.1) is 12.4 Å². The van der Waals surface area contributed by atoms with Gasteiger partial charge in [-0.05, 0) is 59.6 Å². The maximum Gasteiger partial charge on any atom is 0.221 e. The molecule has 0 N–H and O–H groups in total. The summed E-state index contributed by atoms with van der Waals surface area (Å²) in [5, 5.41) is 8.98. The molecule has 3 rings (SSSR count). The Hall–Kier alpha value is -1.24. The van der Waals surface area contributed by atoms with E-state index in [-0.39, 0.29) is 0 Å². The van der Waals surface area contributed by atoms with Crippen LogP contribution in [0.15, 0.2) is 24.3 Å². The lowest BCUT2D eigenvalue weighted by Gasteiger charge is -2.29. The topological polar surface area (TPSA) is 38.9 Å². The number of benzene rings is 1. The van der Waals surface area contributed by atoms with E-state index < -0.39 is 0 Å². The highest BCUT2D eigenvalue weighted by Crippen LogP contribution is 2.17. The van der Waals surface area contributed by atoms with Gasteiger partial charge in [-0.1, -0.05) is 24.6 Å². The second-order valence-electron chi connectivity index (χ2n) is 5.59. The van der Waals surface area contributed by atoms with Crippen molar-refractivity contribution in [1.29, 1.82) is 0 Å². The number of nitrogens with zero attached hydrogens (tertiary/aromatic N) is 5. The maximum absolute atomic E-state index is 6.01. The Morgan fingerprint density at radius 2 is 2.05 bits per heavy atom. The molecule has 1 saturated heterocycles. The molecule has 0 amide bonds. The SMILES string of the molecule is CC1CCN(Cn2nnn(-c3cccc(Cl)c3)c2=S)CC1. The van der Waals surface area contributed by atoms with Gasteiger partial charge in [-0.3, -0.25) is 4.90 Å². The normalized spacial score (nSPS) is 17.2. The van der Waals surface area contributed by atoms with Gasteiger partial charge in [-0.15, -0.1) is 0 Å². The molecular weight excluding hydrogens is 306 g/mol. The lowest BCUT2D eigenvalue weighted by atomic mass is 10.00. The van der Waals surface area contributed by atoms with Crippen LogP contribution in [0.1, 0.15) is 19.8 Å². The van der Waals surface area contributed by atoms with Crippen molar-refractivity contribution in [2.24, 2.45) is 5.92 Å². The Kier molecular flexibility index (Phi) is 4.37. The number of tetrazole rings is 1. The van der Waals surface area contributed by atoms with Crippen molar-refractivity contribution < 1.29 is 0 Å². The monoisotopic (exact) mass is 323 g/mol. The van der Waals surface area contributed by atoms with E-state index >= 15 is 0 Å². The van der Waals surface area contributed by atoms with E-state index in [9.17, 15) is 0 Å². The minimum atomic E-state index is 0.593. The Morgan fingerprint density at radius 3 is 2.76 bits per heavy atom. The number of likely N-dealkylation sites (tertiary alicyclic amines) is 1. The average Bonchev–Trinajstić information content (AvgIpc) is 2.83. The second-order valence-corrected chi connectivity index (χ2v) is 6.40. The molecule has 1 aliphatic heterocycles. The fourth-order valence-electron chi connectivity index (χ4n) is 2.53. The summed E-state index contributed by atoms with van der Waals surface area (Å²) in [5.74, 6) is 0.816. The van der Waals surface area contributed by atoms with Gasteiger partial charge in [0.15, 0.2) is 0 Å². The molecule has 0 unspecified atom stereocenters. The van der Waals surface area contributed by atoms with Gasteiger partial charge in [0.2, 0.25) is 4.77 Å². The van der Waals surface area contributed by atoms with Crippen LogP contribution in [0.5, 0.6) is 0 Å². The van der Waals surface area contributed by atoms with E-state index in [2.05, 4.69) is 22.3 Å². The zero-order valence-corrected chi connectivity index (χ0v) is 13.5. The number of aromatic nitrogens is 4. The number of rotatable bonds is 3. The van der Waals surface area contributed by atoms with Crippen molar-refractivity contribution in [1.82, 2.24) is 24.7 Å². The number of hydrogen-bond donors (Lipinski definition) is 0. The van der Waals surface area contributed by atoms with Crippen LogP contribution in [0.3, 0.4) is 0 Å². The summed E-state index contributed by atoms with van der Waals surface area (Å²) in [6.45, 7) is 5.18. The minimum Gasteiger partial charge on any atom is -0.284 e. The lowest BCUT2D eigenvalue weighted by Crippen LogP contribution is -2.34. The van der Waals surface area contributed by atoms with Gasteiger partial charge in [-0.2, -0.15) is 4.68 Å². The van der Waals surface area contributed by atoms with E-state index in [1.165, 1.54) is 12.8 Å². The Bertz CT molecular complexity index is 672. The molecule has 1 aliphatic rings. The van der Waals surface area contributed by atoms with Crippen LogP contribution in [-0.2, 0) is 6.67 Å². The molecule has 2 heterocycles. The molecule has 2 aromatic rings. The summed E-state index contributed by atoms with van der Waals surface area (Å²) < 4.78 is 4.01. The first-order valence-corrected chi connectivity index (χ1v) is 7.93. The summed E-state index contributed by atoms with van der Waals surface area (Å²) >= 11 is 11.5. The van der Waals surface area contributed by atoms with Crippen molar-refractivity contribution in [2.75, 3.05) is 13.1 Å². The van der Waals surface area contributed by atoms with Crippen LogP contribution in [0, 0.1) is 10.7 Å². The van der Waals surface area contributed by atoms with Gasteiger partial charge in [-0.25, -0.2) is 4.68 Å². The van der Waals surface area contributed by atoms with Crippen molar-refractivity contribution in [3.8, 4) is 5.69 Å². The molecular formula is C14H18ClN5S. The standard InChI is InChI=1S/C14H18ClN5S/c1-11-5-7-18(8-6-11)10-19-14(21)20(17-16-19)13-4-2-3-12(15)9-13/h2-4,9,11H,5-8,10H2,1H3. The van der Waals surface area contributed by atoms with Crippen LogP contribution in [0.25, 0.3) is 5.69 Å². The first-order chi connectivity index (χ1) is 10.1. The van der Waals surface area contributed by atoms with Crippen molar-refractivity contribution >= 4 is 23.8 Å². The second kappa shape index (κ2) is 6.25. The molecule has 5 nitrogen and oxygen atoms in total. The predicted octanol–water partition coefficient (Wildman–Crippen LogP) is 3.14. The zero-order valence-electron chi connectivity index (χ0n) is 11.9. The van der Waals surface area contributed by atoms with Gasteiger partial charge in [0.1, 0.15) is 0 Å². The maximum atomic E-state index is 6.01. The molecule has 1 aromatic heterocycles. The summed E-state index contributed by atoms with van der Waals surface area (Å²) in [6.07, 6.45) is 2.46.